The summed E-state index contributed by atoms with van der Waals surface area (Å²) in [5.74, 6) is 3.82. The monoisotopic (exact) mass is 757 g/mol. The number of ether oxygens (including phenoxy) is 2. The second-order valence-electron chi connectivity index (χ2n) is 13.4. The third-order valence-electron chi connectivity index (χ3n) is 9.85. The summed E-state index contributed by atoms with van der Waals surface area (Å²) in [6.07, 6.45) is 2.48. The SMILES string of the molecule is CC1CCN(c2nnc(-c3cccs3)c3ccccc23)CC1.CNS(=O)(=O)c1cc(-c2nnc(Nc3ccc4c(c3)OCO4)c3ccccc23)ccc1C. The van der Waals surface area contributed by atoms with Gasteiger partial charge in [0.05, 0.1) is 9.77 Å². The van der Waals surface area contributed by atoms with E-state index in [1.54, 1.807) is 30.4 Å². The fourth-order valence-corrected chi connectivity index (χ4v) is 8.52. The Morgan fingerprint density at radius 2 is 1.46 bits per heavy atom. The van der Waals surface area contributed by atoms with Gasteiger partial charge in [0, 0.05) is 52.0 Å². The molecule has 11 nitrogen and oxygen atoms in total. The molecule has 3 aromatic heterocycles. The van der Waals surface area contributed by atoms with Crippen LogP contribution >= 0.6 is 11.3 Å². The number of thiophene rings is 1. The minimum atomic E-state index is -3.60. The van der Waals surface area contributed by atoms with Gasteiger partial charge in [0.1, 0.15) is 11.4 Å². The van der Waals surface area contributed by atoms with Gasteiger partial charge in [-0.15, -0.1) is 31.7 Å². The van der Waals surface area contributed by atoms with Gasteiger partial charge in [-0.2, -0.15) is 0 Å². The number of nitrogens with one attached hydrogen (secondary N) is 2. The van der Waals surface area contributed by atoms with Crippen LogP contribution in [0.15, 0.2) is 107 Å². The van der Waals surface area contributed by atoms with E-state index in [1.165, 1.54) is 35.5 Å². The van der Waals surface area contributed by atoms with Crippen LogP contribution in [0.3, 0.4) is 0 Å². The second kappa shape index (κ2) is 15.0. The van der Waals surface area contributed by atoms with Crippen LogP contribution in [0.5, 0.6) is 11.5 Å². The van der Waals surface area contributed by atoms with Gasteiger partial charge in [-0.3, -0.25) is 0 Å². The van der Waals surface area contributed by atoms with E-state index in [-0.39, 0.29) is 11.7 Å². The van der Waals surface area contributed by atoms with Gasteiger partial charge in [-0.25, -0.2) is 13.1 Å². The first-order valence-corrected chi connectivity index (χ1v) is 20.2. The Bertz CT molecular complexity index is 2570. The Hall–Kier alpha value is -5.63. The van der Waals surface area contributed by atoms with Crippen molar-refractivity contribution in [3.05, 3.63) is 108 Å². The molecule has 274 valence electrons. The standard InChI is InChI=1S/C23H20N4O4S.C18H19N3S/c1-14-7-8-15(11-21(14)32(28,29)24-2)22-17-5-3-4-6-18(17)23(27-26-22)25-16-9-10-19-20(12-16)31-13-30-19;1-13-8-10-21(11-9-13)18-15-6-3-2-5-14(15)17(19-20-18)16-7-4-12-22-16/h3-12,24H,13H2,1-2H3,(H,25,27);2-7,12-13H,8-11H2,1H3. The summed E-state index contributed by atoms with van der Waals surface area (Å²) in [5, 5.41) is 27.5. The molecule has 4 aromatic carbocycles. The molecule has 2 aliphatic heterocycles. The molecule has 0 amide bonds. The van der Waals surface area contributed by atoms with Gasteiger partial charge in [0.25, 0.3) is 0 Å². The van der Waals surface area contributed by atoms with Gasteiger partial charge < -0.3 is 19.7 Å². The van der Waals surface area contributed by atoms with E-state index in [2.05, 4.69) is 84.0 Å². The van der Waals surface area contributed by atoms with Gasteiger partial charge in [-0.05, 0) is 67.9 Å². The molecule has 13 heteroatoms. The number of hydrogen-bond acceptors (Lipinski definition) is 11. The maximum Gasteiger partial charge on any atom is 0.240 e. The lowest BCUT2D eigenvalue weighted by molar-refractivity contribution is 0.174. The molecule has 2 N–H and O–H groups in total. The van der Waals surface area contributed by atoms with Crippen molar-refractivity contribution < 1.29 is 17.9 Å². The van der Waals surface area contributed by atoms with Crippen LogP contribution in [0.25, 0.3) is 43.4 Å². The summed E-state index contributed by atoms with van der Waals surface area (Å²) in [7, 11) is -2.20. The molecule has 0 aliphatic carbocycles. The fraction of sp³-hybridized carbons (Fsp3) is 0.220. The zero-order valence-electron chi connectivity index (χ0n) is 30.1. The lowest BCUT2D eigenvalue weighted by Crippen LogP contribution is -2.33. The van der Waals surface area contributed by atoms with Gasteiger partial charge in [0.2, 0.25) is 16.8 Å². The van der Waals surface area contributed by atoms with E-state index in [0.29, 0.717) is 34.1 Å². The lowest BCUT2D eigenvalue weighted by atomic mass is 9.99. The Labute approximate surface area is 318 Å². The van der Waals surface area contributed by atoms with Crippen LogP contribution < -0.4 is 24.4 Å². The largest absolute Gasteiger partial charge is 0.454 e. The number of sulfonamides is 1. The van der Waals surface area contributed by atoms with Crippen molar-refractivity contribution >= 4 is 60.2 Å². The molecular weight excluding hydrogens is 719 g/mol. The van der Waals surface area contributed by atoms with Crippen LogP contribution in [-0.4, -0.2) is 55.7 Å². The van der Waals surface area contributed by atoms with E-state index in [4.69, 9.17) is 9.47 Å². The summed E-state index contributed by atoms with van der Waals surface area (Å²) in [6, 6.07) is 31.2. The maximum atomic E-state index is 12.4. The highest BCUT2D eigenvalue weighted by atomic mass is 32.2. The van der Waals surface area contributed by atoms with Crippen LogP contribution in [0.4, 0.5) is 17.3 Å². The zero-order chi connectivity index (χ0) is 37.2. The summed E-state index contributed by atoms with van der Waals surface area (Å²) >= 11 is 1.72. The first-order valence-electron chi connectivity index (χ1n) is 17.8. The minimum absolute atomic E-state index is 0.206. The third-order valence-corrected chi connectivity index (χ3v) is 12.3. The van der Waals surface area contributed by atoms with E-state index in [9.17, 15) is 8.42 Å². The average molecular weight is 758 g/mol. The molecule has 2 aliphatic rings. The first kappa shape index (κ1) is 35.4. The van der Waals surface area contributed by atoms with Crippen molar-refractivity contribution in [1.82, 2.24) is 25.1 Å². The average Bonchev–Trinajstić information content (AvgIpc) is 3.92. The number of hydrogen-bond donors (Lipinski definition) is 2. The number of nitrogens with zero attached hydrogens (tertiary/aromatic N) is 5. The normalized spacial score (nSPS) is 14.2. The minimum Gasteiger partial charge on any atom is -0.454 e. The summed E-state index contributed by atoms with van der Waals surface area (Å²) < 4.78 is 38.0. The molecule has 5 heterocycles. The summed E-state index contributed by atoms with van der Waals surface area (Å²) in [5.41, 5.74) is 3.72. The number of piperidine rings is 1. The molecule has 54 heavy (non-hydrogen) atoms. The lowest BCUT2D eigenvalue weighted by Gasteiger charge is -2.31. The smallest absolute Gasteiger partial charge is 0.240 e. The maximum absolute atomic E-state index is 12.4. The number of anilines is 3. The number of aryl methyl sites for hydroxylation is 1. The molecule has 0 saturated carbocycles. The van der Waals surface area contributed by atoms with Crippen LogP contribution in [0.2, 0.25) is 0 Å². The van der Waals surface area contributed by atoms with Gasteiger partial charge >= 0.3 is 0 Å². The van der Waals surface area contributed by atoms with Crippen molar-refractivity contribution in [2.75, 3.05) is 37.1 Å². The van der Waals surface area contributed by atoms with E-state index >= 15 is 0 Å². The molecule has 0 unspecified atom stereocenters. The molecule has 9 rings (SSSR count). The van der Waals surface area contributed by atoms with Crippen LogP contribution in [-0.2, 0) is 10.0 Å². The second-order valence-corrected chi connectivity index (χ2v) is 16.2. The molecule has 7 aromatic rings. The highest BCUT2D eigenvalue weighted by molar-refractivity contribution is 7.89. The van der Waals surface area contributed by atoms with Crippen molar-refractivity contribution in [2.24, 2.45) is 5.92 Å². The Morgan fingerprint density at radius 1 is 0.759 bits per heavy atom. The van der Waals surface area contributed by atoms with Crippen LogP contribution in [0.1, 0.15) is 25.3 Å². The fourth-order valence-electron chi connectivity index (χ4n) is 6.81. The Balaban J connectivity index is 0.000000164. The Kier molecular flexibility index (Phi) is 9.84. The number of fused-ring (bicyclic) bond motifs is 3. The van der Waals surface area contributed by atoms with E-state index in [0.717, 1.165) is 47.0 Å². The topological polar surface area (TPSA) is 131 Å². The van der Waals surface area contributed by atoms with Crippen molar-refractivity contribution in [3.8, 4) is 33.3 Å². The highest BCUT2D eigenvalue weighted by Gasteiger charge is 2.22. The Morgan fingerprint density at radius 3 is 2.20 bits per heavy atom. The summed E-state index contributed by atoms with van der Waals surface area (Å²) in [6.45, 7) is 6.46. The number of rotatable bonds is 7. The molecule has 0 radical (unpaired) electrons. The first-order chi connectivity index (χ1) is 26.3. The van der Waals surface area contributed by atoms with Crippen molar-refractivity contribution in [3.63, 3.8) is 0 Å². The van der Waals surface area contributed by atoms with Gasteiger partial charge in [0.15, 0.2) is 23.1 Å². The molecule has 0 spiro atoms. The van der Waals surface area contributed by atoms with E-state index < -0.39 is 10.0 Å². The van der Waals surface area contributed by atoms with Crippen LogP contribution in [0, 0.1) is 12.8 Å². The summed E-state index contributed by atoms with van der Waals surface area (Å²) in [4.78, 5) is 3.79. The van der Waals surface area contributed by atoms with Crippen molar-refractivity contribution in [2.45, 2.75) is 31.6 Å². The molecule has 1 saturated heterocycles. The predicted molar refractivity (Wildman–Crippen MR) is 215 cm³/mol. The third kappa shape index (κ3) is 7.05. The molecular formula is C41H39N7O4S2. The zero-order valence-corrected chi connectivity index (χ0v) is 31.7. The van der Waals surface area contributed by atoms with Crippen molar-refractivity contribution in [1.29, 1.82) is 0 Å². The van der Waals surface area contributed by atoms with E-state index in [1.807, 2.05) is 48.5 Å². The molecule has 1 fully saturated rings. The van der Waals surface area contributed by atoms with Gasteiger partial charge in [-0.1, -0.05) is 73.7 Å². The quantitative estimate of drug-likeness (QED) is 0.163. The molecule has 0 atom stereocenters. The number of aromatic nitrogens is 4. The highest BCUT2D eigenvalue weighted by Crippen LogP contribution is 2.38. The predicted octanol–water partition coefficient (Wildman–Crippen LogP) is 8.58. The number of benzene rings is 4. The molecule has 0 bridgehead atoms.